The molecule has 0 radical (unpaired) electrons. The number of hydrogen-bond donors (Lipinski definition) is 2. The van der Waals surface area contributed by atoms with Crippen molar-refractivity contribution in [3.05, 3.63) is 35.6 Å². The molecule has 0 aliphatic heterocycles. The van der Waals surface area contributed by atoms with E-state index in [1.54, 1.807) is 6.07 Å². The molecule has 0 amide bonds. The number of benzene rings is 1. The van der Waals surface area contributed by atoms with E-state index in [0.717, 1.165) is 6.42 Å². The molecular formula is C15H22FNO3. The van der Waals surface area contributed by atoms with E-state index in [1.165, 1.54) is 18.2 Å². The van der Waals surface area contributed by atoms with Gasteiger partial charge in [0.25, 0.3) is 0 Å². The zero-order chi connectivity index (χ0) is 15.2. The van der Waals surface area contributed by atoms with Crippen molar-refractivity contribution in [2.75, 3.05) is 13.2 Å². The molecule has 0 aliphatic carbocycles. The molecule has 1 aromatic carbocycles. The van der Waals surface area contributed by atoms with Crippen LogP contribution >= 0.6 is 0 Å². The Hall–Kier alpha value is -1.46. The third kappa shape index (κ3) is 5.27. The third-order valence-electron chi connectivity index (χ3n) is 3.20. The molecule has 1 atom stereocenters. The van der Waals surface area contributed by atoms with Gasteiger partial charge in [0.2, 0.25) is 0 Å². The molecule has 0 saturated carbocycles. The summed E-state index contributed by atoms with van der Waals surface area (Å²) in [5.41, 5.74) is -0.210. The normalized spacial score (nSPS) is 13.1. The second kappa shape index (κ2) is 7.36. The van der Waals surface area contributed by atoms with Gasteiger partial charge in [-0.3, -0.25) is 0 Å². The number of rotatable bonds is 7. The van der Waals surface area contributed by atoms with Crippen molar-refractivity contribution in [3.8, 4) is 0 Å². The molecular weight excluding hydrogens is 261 g/mol. The molecule has 5 heteroatoms. The van der Waals surface area contributed by atoms with Crippen LogP contribution in [0.1, 0.15) is 37.6 Å². The zero-order valence-electron chi connectivity index (χ0n) is 12.1. The van der Waals surface area contributed by atoms with Gasteiger partial charge in [-0.25, -0.2) is 9.18 Å². The Labute approximate surface area is 119 Å². The topological polar surface area (TPSA) is 58.6 Å². The van der Waals surface area contributed by atoms with Gasteiger partial charge < -0.3 is 15.2 Å². The lowest BCUT2D eigenvalue weighted by atomic mass is 10.0. The van der Waals surface area contributed by atoms with Crippen molar-refractivity contribution in [1.29, 1.82) is 0 Å². The molecule has 0 aromatic heterocycles. The number of esters is 1. The van der Waals surface area contributed by atoms with Crippen LogP contribution in [0, 0.1) is 5.82 Å². The first kappa shape index (κ1) is 16.6. The number of carbonyl (C=O) groups excluding carboxylic acids is 1. The average Bonchev–Trinajstić information content (AvgIpc) is 2.43. The van der Waals surface area contributed by atoms with Gasteiger partial charge in [0, 0.05) is 12.1 Å². The molecule has 1 rings (SSSR count). The number of ether oxygens (including phenoxy) is 1. The second-order valence-corrected chi connectivity index (χ2v) is 5.35. The number of nitrogens with one attached hydrogen (secondary N) is 1. The first-order valence-electron chi connectivity index (χ1n) is 6.70. The highest BCUT2D eigenvalue weighted by atomic mass is 19.1. The molecule has 0 bridgehead atoms. The standard InChI is InChI=1S/C15H22FNO3/c1-4-15(2,3)17-9-11(18)10-20-14(19)12-7-5-6-8-13(12)16/h5-8,11,17-18H,4,9-10H2,1-3H3/t11-/m0/s1. The van der Waals surface area contributed by atoms with Crippen molar-refractivity contribution in [3.63, 3.8) is 0 Å². The van der Waals surface area contributed by atoms with Gasteiger partial charge in [0.15, 0.2) is 0 Å². The Morgan fingerprint density at radius 1 is 1.45 bits per heavy atom. The molecule has 0 saturated heterocycles. The average molecular weight is 283 g/mol. The van der Waals surface area contributed by atoms with E-state index in [2.05, 4.69) is 5.32 Å². The summed E-state index contributed by atoms with van der Waals surface area (Å²) < 4.78 is 18.2. The van der Waals surface area contributed by atoms with E-state index < -0.39 is 17.9 Å². The van der Waals surface area contributed by atoms with Gasteiger partial charge in [-0.2, -0.15) is 0 Å². The van der Waals surface area contributed by atoms with Crippen LogP contribution in [0.3, 0.4) is 0 Å². The first-order chi connectivity index (χ1) is 9.35. The number of carbonyl (C=O) groups is 1. The minimum Gasteiger partial charge on any atom is -0.459 e. The Kier molecular flexibility index (Phi) is 6.10. The van der Waals surface area contributed by atoms with Gasteiger partial charge in [-0.15, -0.1) is 0 Å². The van der Waals surface area contributed by atoms with Crippen molar-refractivity contribution in [1.82, 2.24) is 5.32 Å². The summed E-state index contributed by atoms with van der Waals surface area (Å²) >= 11 is 0. The van der Waals surface area contributed by atoms with E-state index in [4.69, 9.17) is 4.74 Å². The van der Waals surface area contributed by atoms with E-state index in [-0.39, 0.29) is 17.7 Å². The van der Waals surface area contributed by atoms with Crippen molar-refractivity contribution in [2.45, 2.75) is 38.8 Å². The summed E-state index contributed by atoms with van der Waals surface area (Å²) in [7, 11) is 0. The van der Waals surface area contributed by atoms with Crippen LogP contribution in [-0.2, 0) is 4.74 Å². The third-order valence-corrected chi connectivity index (χ3v) is 3.20. The van der Waals surface area contributed by atoms with Crippen molar-refractivity contribution >= 4 is 5.97 Å². The van der Waals surface area contributed by atoms with Crippen LogP contribution in [0.15, 0.2) is 24.3 Å². The Balaban J connectivity index is 2.40. The van der Waals surface area contributed by atoms with E-state index in [1.807, 2.05) is 20.8 Å². The van der Waals surface area contributed by atoms with Crippen LogP contribution in [-0.4, -0.2) is 35.9 Å². The molecule has 4 nitrogen and oxygen atoms in total. The summed E-state index contributed by atoms with van der Waals surface area (Å²) in [6, 6.07) is 5.60. The molecule has 0 spiro atoms. The van der Waals surface area contributed by atoms with Crippen molar-refractivity contribution in [2.24, 2.45) is 0 Å². The fourth-order valence-electron chi connectivity index (χ4n) is 1.45. The molecule has 0 heterocycles. The highest BCUT2D eigenvalue weighted by Crippen LogP contribution is 2.09. The van der Waals surface area contributed by atoms with Gasteiger partial charge in [-0.05, 0) is 32.4 Å². The van der Waals surface area contributed by atoms with E-state index in [0.29, 0.717) is 6.54 Å². The monoisotopic (exact) mass is 283 g/mol. The molecule has 2 N–H and O–H groups in total. The van der Waals surface area contributed by atoms with Crippen LogP contribution in [0.2, 0.25) is 0 Å². The molecule has 0 unspecified atom stereocenters. The van der Waals surface area contributed by atoms with E-state index in [9.17, 15) is 14.3 Å². The smallest absolute Gasteiger partial charge is 0.341 e. The minimum atomic E-state index is -0.823. The first-order valence-corrected chi connectivity index (χ1v) is 6.70. The maximum atomic E-state index is 13.3. The number of halogens is 1. The minimum absolute atomic E-state index is 0.0868. The molecule has 0 aliphatic rings. The Morgan fingerprint density at radius 3 is 2.70 bits per heavy atom. The van der Waals surface area contributed by atoms with Crippen LogP contribution in [0.4, 0.5) is 4.39 Å². The van der Waals surface area contributed by atoms with Crippen LogP contribution in [0.25, 0.3) is 0 Å². The highest BCUT2D eigenvalue weighted by Gasteiger charge is 2.18. The molecule has 20 heavy (non-hydrogen) atoms. The summed E-state index contributed by atoms with van der Waals surface area (Å²) in [6.45, 7) is 6.22. The largest absolute Gasteiger partial charge is 0.459 e. The lowest BCUT2D eigenvalue weighted by molar-refractivity contribution is 0.0240. The fraction of sp³-hybridized carbons (Fsp3) is 0.533. The maximum absolute atomic E-state index is 13.3. The molecule has 0 fully saturated rings. The summed E-state index contributed by atoms with van der Waals surface area (Å²) in [4.78, 5) is 11.6. The van der Waals surface area contributed by atoms with Crippen LogP contribution < -0.4 is 5.32 Å². The second-order valence-electron chi connectivity index (χ2n) is 5.35. The van der Waals surface area contributed by atoms with Gasteiger partial charge in [-0.1, -0.05) is 19.1 Å². The SMILES string of the molecule is CCC(C)(C)NC[C@H](O)COC(=O)c1ccccc1F. The van der Waals surface area contributed by atoms with Crippen molar-refractivity contribution < 1.29 is 19.0 Å². The van der Waals surface area contributed by atoms with Gasteiger partial charge >= 0.3 is 5.97 Å². The fourth-order valence-corrected chi connectivity index (χ4v) is 1.45. The molecule has 1 aromatic rings. The Bertz CT molecular complexity index is 448. The quantitative estimate of drug-likeness (QED) is 0.753. The predicted molar refractivity (Wildman–Crippen MR) is 75.1 cm³/mol. The number of aliphatic hydroxyl groups excluding tert-OH is 1. The predicted octanol–water partition coefficient (Wildman–Crippen LogP) is 2.12. The number of β-amino-alcohol motifs (C(OH)–C–C–N with tert-alkyl or cyclic N) is 1. The summed E-state index contributed by atoms with van der Waals surface area (Å²) in [6.07, 6.45) is 0.0888. The number of hydrogen-bond acceptors (Lipinski definition) is 4. The lowest BCUT2D eigenvalue weighted by Gasteiger charge is -2.26. The lowest BCUT2D eigenvalue weighted by Crippen LogP contribution is -2.44. The summed E-state index contributed by atoms with van der Waals surface area (Å²) in [5, 5.41) is 12.9. The van der Waals surface area contributed by atoms with Gasteiger partial charge in [0.1, 0.15) is 18.5 Å². The molecule has 112 valence electrons. The summed E-state index contributed by atoms with van der Waals surface area (Å²) in [5.74, 6) is -1.39. The van der Waals surface area contributed by atoms with E-state index >= 15 is 0 Å². The van der Waals surface area contributed by atoms with Gasteiger partial charge in [0.05, 0.1) is 5.56 Å². The zero-order valence-corrected chi connectivity index (χ0v) is 12.1. The highest BCUT2D eigenvalue weighted by molar-refractivity contribution is 5.89. The Morgan fingerprint density at radius 2 is 2.10 bits per heavy atom. The number of aliphatic hydroxyl groups is 1. The van der Waals surface area contributed by atoms with Crippen LogP contribution in [0.5, 0.6) is 0 Å². The maximum Gasteiger partial charge on any atom is 0.341 e.